The molecule has 0 spiro atoms. The Bertz CT molecular complexity index is 884. The van der Waals surface area contributed by atoms with Crippen molar-refractivity contribution in [3.05, 3.63) is 81.3 Å². The normalized spacial score (nSPS) is 12.2. The number of carbonyl (C=O) groups is 1. The average molecular weight is 380 g/mol. The third-order valence-electron chi connectivity index (χ3n) is 4.84. The van der Waals surface area contributed by atoms with Crippen LogP contribution in [0.1, 0.15) is 45.0 Å². The van der Waals surface area contributed by atoms with Crippen LogP contribution < -0.4 is 5.32 Å². The fourth-order valence-corrected chi connectivity index (χ4v) is 3.77. The van der Waals surface area contributed by atoms with E-state index in [1.165, 1.54) is 5.56 Å². The lowest BCUT2D eigenvalue weighted by Crippen LogP contribution is -2.22. The first kappa shape index (κ1) is 19.3. The summed E-state index contributed by atoms with van der Waals surface area (Å²) in [6.45, 7) is 6.97. The van der Waals surface area contributed by atoms with Crippen LogP contribution in [0.25, 0.3) is 0 Å². The van der Waals surface area contributed by atoms with Crippen molar-refractivity contribution < 1.29 is 4.79 Å². The molecule has 1 amide bonds. The summed E-state index contributed by atoms with van der Waals surface area (Å²) in [5.41, 5.74) is 4.86. The molecule has 0 aliphatic rings. The number of aryl methyl sites for hydroxylation is 2. The molecular weight excluding hydrogens is 354 g/mol. The molecule has 0 radical (unpaired) electrons. The molecular formula is C22H25N3OS. The van der Waals surface area contributed by atoms with Gasteiger partial charge in [-0.15, -0.1) is 11.3 Å². The van der Waals surface area contributed by atoms with Gasteiger partial charge < -0.3 is 5.32 Å². The molecule has 0 aliphatic heterocycles. The molecule has 4 nitrogen and oxygen atoms in total. The van der Waals surface area contributed by atoms with Crippen molar-refractivity contribution in [1.29, 1.82) is 0 Å². The smallest absolute Gasteiger partial charge is 0.255 e. The van der Waals surface area contributed by atoms with E-state index in [0.717, 1.165) is 28.4 Å². The van der Waals surface area contributed by atoms with Gasteiger partial charge in [-0.1, -0.05) is 30.3 Å². The second kappa shape index (κ2) is 8.46. The molecule has 0 fully saturated rings. The molecule has 0 aliphatic carbocycles. The lowest BCUT2D eigenvalue weighted by atomic mass is 10.1. The number of anilines is 1. The van der Waals surface area contributed by atoms with Crippen molar-refractivity contribution in [2.75, 3.05) is 12.4 Å². The minimum atomic E-state index is -0.0801. The first-order valence-electron chi connectivity index (χ1n) is 9.02. The van der Waals surface area contributed by atoms with Gasteiger partial charge in [0.15, 0.2) is 0 Å². The standard InChI is InChI=1S/C22H25N3OS/c1-15-6-5-7-16(2)20(15)24-21(26)19-10-8-18(9-11-19)14-25(4)17(3)22-23-12-13-27-22/h5-13,17H,14H2,1-4H3,(H,24,26). The molecule has 3 rings (SSSR count). The summed E-state index contributed by atoms with van der Waals surface area (Å²) in [6.07, 6.45) is 1.84. The minimum Gasteiger partial charge on any atom is -0.322 e. The lowest BCUT2D eigenvalue weighted by molar-refractivity contribution is 0.102. The Morgan fingerprint density at radius 3 is 2.41 bits per heavy atom. The van der Waals surface area contributed by atoms with E-state index < -0.39 is 0 Å². The summed E-state index contributed by atoms with van der Waals surface area (Å²) in [5, 5.41) is 6.15. The topological polar surface area (TPSA) is 45.2 Å². The monoisotopic (exact) mass is 379 g/mol. The van der Waals surface area contributed by atoms with Gasteiger partial charge in [0.25, 0.3) is 5.91 Å². The first-order chi connectivity index (χ1) is 13.0. The summed E-state index contributed by atoms with van der Waals surface area (Å²) < 4.78 is 0. The fourth-order valence-electron chi connectivity index (χ4n) is 3.01. The first-order valence-corrected chi connectivity index (χ1v) is 9.90. The van der Waals surface area contributed by atoms with E-state index in [1.54, 1.807) is 11.3 Å². The third-order valence-corrected chi connectivity index (χ3v) is 5.78. The Morgan fingerprint density at radius 1 is 1.15 bits per heavy atom. The van der Waals surface area contributed by atoms with E-state index in [-0.39, 0.29) is 11.9 Å². The Hall–Kier alpha value is -2.50. The van der Waals surface area contributed by atoms with Crippen molar-refractivity contribution in [3.63, 3.8) is 0 Å². The number of hydrogen-bond donors (Lipinski definition) is 1. The molecule has 0 bridgehead atoms. The van der Waals surface area contributed by atoms with Crippen LogP contribution >= 0.6 is 11.3 Å². The number of carbonyl (C=O) groups excluding carboxylic acids is 1. The van der Waals surface area contributed by atoms with E-state index in [4.69, 9.17) is 0 Å². The molecule has 5 heteroatoms. The van der Waals surface area contributed by atoms with Gasteiger partial charge in [0.2, 0.25) is 0 Å². The van der Waals surface area contributed by atoms with Crippen molar-refractivity contribution in [2.24, 2.45) is 0 Å². The van der Waals surface area contributed by atoms with Crippen molar-refractivity contribution >= 4 is 22.9 Å². The van der Waals surface area contributed by atoms with Crippen LogP contribution in [0.5, 0.6) is 0 Å². The molecule has 2 aromatic carbocycles. The van der Waals surface area contributed by atoms with Crippen LogP contribution in [0, 0.1) is 13.8 Å². The molecule has 27 heavy (non-hydrogen) atoms. The third kappa shape index (κ3) is 4.62. The average Bonchev–Trinajstić information content (AvgIpc) is 3.19. The molecule has 1 aromatic heterocycles. The van der Waals surface area contributed by atoms with Crippen molar-refractivity contribution in [3.8, 4) is 0 Å². The zero-order valence-corrected chi connectivity index (χ0v) is 17.0. The lowest BCUT2D eigenvalue weighted by Gasteiger charge is -2.23. The second-order valence-electron chi connectivity index (χ2n) is 6.88. The van der Waals surface area contributed by atoms with Gasteiger partial charge in [-0.25, -0.2) is 4.98 Å². The zero-order chi connectivity index (χ0) is 19.4. The quantitative estimate of drug-likeness (QED) is 0.640. The Balaban J connectivity index is 1.65. The Kier molecular flexibility index (Phi) is 6.04. The number of para-hydroxylation sites is 1. The number of nitrogens with zero attached hydrogens (tertiary/aromatic N) is 2. The van der Waals surface area contributed by atoms with Crippen LogP contribution in [0.15, 0.2) is 54.0 Å². The van der Waals surface area contributed by atoms with Gasteiger partial charge in [-0.05, 0) is 56.6 Å². The molecule has 1 heterocycles. The van der Waals surface area contributed by atoms with Crippen LogP contribution in [0.2, 0.25) is 0 Å². The SMILES string of the molecule is Cc1cccc(C)c1NC(=O)c1ccc(CN(C)C(C)c2nccs2)cc1. The fraction of sp³-hybridized carbons (Fsp3) is 0.273. The Morgan fingerprint density at radius 2 is 1.81 bits per heavy atom. The minimum absolute atomic E-state index is 0.0801. The number of thiazole rings is 1. The van der Waals surface area contributed by atoms with E-state index in [9.17, 15) is 4.79 Å². The van der Waals surface area contributed by atoms with E-state index in [0.29, 0.717) is 5.56 Å². The Labute approximate surface area is 164 Å². The second-order valence-corrected chi connectivity index (χ2v) is 7.81. The van der Waals surface area contributed by atoms with Crippen LogP contribution in [0.3, 0.4) is 0 Å². The highest BCUT2D eigenvalue weighted by atomic mass is 32.1. The summed E-state index contributed by atoms with van der Waals surface area (Å²) >= 11 is 1.67. The molecule has 140 valence electrons. The van der Waals surface area contributed by atoms with Gasteiger partial charge in [-0.3, -0.25) is 9.69 Å². The number of aromatic nitrogens is 1. The molecule has 0 saturated heterocycles. The maximum Gasteiger partial charge on any atom is 0.255 e. The van der Waals surface area contributed by atoms with Gasteiger partial charge >= 0.3 is 0 Å². The van der Waals surface area contributed by atoms with E-state index in [1.807, 2.05) is 67.9 Å². The highest BCUT2D eigenvalue weighted by Crippen LogP contribution is 2.23. The van der Waals surface area contributed by atoms with Crippen molar-refractivity contribution in [1.82, 2.24) is 9.88 Å². The number of amides is 1. The predicted molar refractivity (Wildman–Crippen MR) is 112 cm³/mol. The van der Waals surface area contributed by atoms with Gasteiger partial charge in [0, 0.05) is 29.4 Å². The summed E-state index contributed by atoms with van der Waals surface area (Å²) in [6, 6.07) is 14.1. The summed E-state index contributed by atoms with van der Waals surface area (Å²) in [5.74, 6) is -0.0801. The van der Waals surface area contributed by atoms with Gasteiger partial charge in [0.1, 0.15) is 5.01 Å². The highest BCUT2D eigenvalue weighted by Gasteiger charge is 2.15. The van der Waals surface area contributed by atoms with Crippen LogP contribution in [0.4, 0.5) is 5.69 Å². The van der Waals surface area contributed by atoms with E-state index >= 15 is 0 Å². The zero-order valence-electron chi connectivity index (χ0n) is 16.2. The largest absolute Gasteiger partial charge is 0.322 e. The molecule has 0 saturated carbocycles. The van der Waals surface area contributed by atoms with Crippen LogP contribution in [-0.2, 0) is 6.54 Å². The van der Waals surface area contributed by atoms with Gasteiger partial charge in [0.05, 0.1) is 6.04 Å². The molecule has 1 atom stereocenters. The maximum absolute atomic E-state index is 12.6. The number of hydrogen-bond acceptors (Lipinski definition) is 4. The highest BCUT2D eigenvalue weighted by molar-refractivity contribution is 7.09. The van der Waals surface area contributed by atoms with Crippen LogP contribution in [-0.4, -0.2) is 22.8 Å². The molecule has 1 unspecified atom stereocenters. The molecule has 3 aromatic rings. The number of rotatable bonds is 6. The van der Waals surface area contributed by atoms with Crippen molar-refractivity contribution in [2.45, 2.75) is 33.4 Å². The predicted octanol–water partition coefficient (Wildman–Crippen LogP) is 5.21. The number of nitrogens with one attached hydrogen (secondary N) is 1. The maximum atomic E-state index is 12.6. The number of benzene rings is 2. The van der Waals surface area contributed by atoms with Gasteiger partial charge in [-0.2, -0.15) is 0 Å². The summed E-state index contributed by atoms with van der Waals surface area (Å²) in [4.78, 5) is 19.2. The summed E-state index contributed by atoms with van der Waals surface area (Å²) in [7, 11) is 2.09. The molecule has 1 N–H and O–H groups in total. The van der Waals surface area contributed by atoms with E-state index in [2.05, 4.69) is 29.2 Å².